The lowest BCUT2D eigenvalue weighted by Gasteiger charge is -2.00. The molecule has 1 amide bonds. The molecule has 0 atom stereocenters. The molecule has 124 valence electrons. The van der Waals surface area contributed by atoms with Crippen LogP contribution in [0.2, 0.25) is 0 Å². The third kappa shape index (κ3) is 5.43. The smallest absolute Gasteiger partial charge is 0.226 e. The van der Waals surface area contributed by atoms with Crippen molar-refractivity contribution in [1.29, 1.82) is 0 Å². The van der Waals surface area contributed by atoms with Crippen LogP contribution in [-0.2, 0) is 17.0 Å². The second-order valence-electron chi connectivity index (χ2n) is 5.13. The van der Waals surface area contributed by atoms with Crippen LogP contribution in [0, 0.1) is 0 Å². The second kappa shape index (κ2) is 8.96. The third-order valence-electron chi connectivity index (χ3n) is 3.27. The van der Waals surface area contributed by atoms with E-state index >= 15 is 0 Å². The summed E-state index contributed by atoms with van der Waals surface area (Å²) in [6, 6.07) is 14.4. The number of rotatable bonds is 8. The monoisotopic (exact) mass is 375 g/mol. The lowest BCUT2D eigenvalue weighted by atomic mass is 10.2. The van der Waals surface area contributed by atoms with Crippen molar-refractivity contribution in [3.8, 4) is 0 Å². The van der Waals surface area contributed by atoms with Crippen molar-refractivity contribution in [3.05, 3.63) is 58.3 Å². The quantitative estimate of drug-likeness (QED) is 0.451. The average molecular weight is 376 g/mol. The Morgan fingerprint density at radius 1 is 1.12 bits per heavy atom. The number of hydrogen-bond donors (Lipinski definition) is 1. The summed E-state index contributed by atoms with van der Waals surface area (Å²) in [6.07, 6.45) is 2.30. The minimum Gasteiger partial charge on any atom is -0.301 e. The first-order valence-corrected chi connectivity index (χ1v) is 10.3. The second-order valence-corrected chi connectivity index (χ2v) is 8.36. The highest BCUT2D eigenvalue weighted by molar-refractivity contribution is 8.00. The Labute approximate surface area is 153 Å². The first kappa shape index (κ1) is 17.1. The topological polar surface area (TPSA) is 54.9 Å². The van der Waals surface area contributed by atoms with E-state index in [1.807, 2.05) is 24.3 Å². The van der Waals surface area contributed by atoms with E-state index in [0.29, 0.717) is 11.6 Å². The van der Waals surface area contributed by atoms with Crippen LogP contribution in [0.15, 0.2) is 52.2 Å². The zero-order chi connectivity index (χ0) is 16.6. The van der Waals surface area contributed by atoms with Crippen molar-refractivity contribution < 1.29 is 4.79 Å². The van der Waals surface area contributed by atoms with Gasteiger partial charge < -0.3 is 5.32 Å². The normalized spacial score (nSPS) is 10.7. The molecular weight excluding hydrogens is 358 g/mol. The number of nitrogens with one attached hydrogen (secondary N) is 1. The van der Waals surface area contributed by atoms with Crippen molar-refractivity contribution in [1.82, 2.24) is 10.2 Å². The molecule has 0 unspecified atom stereocenters. The Bertz CT molecular complexity index is 757. The number of aryl methyl sites for hydroxylation is 1. The Hall–Kier alpha value is -1.70. The number of thioether (sulfide) groups is 1. The third-order valence-corrected chi connectivity index (χ3v) is 6.24. The van der Waals surface area contributed by atoms with Crippen LogP contribution in [0.5, 0.6) is 0 Å². The number of benzene rings is 1. The van der Waals surface area contributed by atoms with Gasteiger partial charge in [-0.3, -0.25) is 4.79 Å². The summed E-state index contributed by atoms with van der Waals surface area (Å²) in [5, 5.41) is 13.6. The molecule has 1 aromatic carbocycles. The summed E-state index contributed by atoms with van der Waals surface area (Å²) >= 11 is 4.79. The number of nitrogens with zero attached hydrogens (tertiary/aromatic N) is 2. The molecule has 0 saturated heterocycles. The molecule has 0 saturated carbocycles. The molecule has 0 spiro atoms. The van der Waals surface area contributed by atoms with Crippen molar-refractivity contribution in [2.45, 2.75) is 29.4 Å². The Morgan fingerprint density at radius 3 is 2.79 bits per heavy atom. The predicted octanol–water partition coefficient (Wildman–Crippen LogP) is 4.85. The highest BCUT2D eigenvalue weighted by Gasteiger charge is 2.09. The van der Waals surface area contributed by atoms with Crippen LogP contribution in [0.3, 0.4) is 0 Å². The highest BCUT2D eigenvalue weighted by Crippen LogP contribution is 2.28. The number of aromatic nitrogens is 2. The molecule has 0 fully saturated rings. The number of carbonyl (C=O) groups is 1. The zero-order valence-electron chi connectivity index (χ0n) is 13.0. The van der Waals surface area contributed by atoms with Gasteiger partial charge in [0.1, 0.15) is 0 Å². The van der Waals surface area contributed by atoms with Gasteiger partial charge in [0.25, 0.3) is 0 Å². The van der Waals surface area contributed by atoms with Crippen molar-refractivity contribution >= 4 is 45.5 Å². The fourth-order valence-electron chi connectivity index (χ4n) is 2.10. The van der Waals surface area contributed by atoms with Gasteiger partial charge in [0, 0.05) is 17.1 Å². The van der Waals surface area contributed by atoms with Crippen molar-refractivity contribution in [2.24, 2.45) is 0 Å². The summed E-state index contributed by atoms with van der Waals surface area (Å²) in [7, 11) is 0. The minimum absolute atomic E-state index is 0.00214. The molecule has 0 bridgehead atoms. The van der Waals surface area contributed by atoms with E-state index in [4.69, 9.17) is 0 Å². The van der Waals surface area contributed by atoms with E-state index in [2.05, 4.69) is 39.1 Å². The van der Waals surface area contributed by atoms with Gasteiger partial charge in [-0.15, -0.1) is 21.5 Å². The maximum atomic E-state index is 12.0. The average Bonchev–Trinajstić information content (AvgIpc) is 3.26. The number of thiophene rings is 1. The lowest BCUT2D eigenvalue weighted by molar-refractivity contribution is -0.116. The molecular formula is C17H17N3OS3. The summed E-state index contributed by atoms with van der Waals surface area (Å²) in [4.78, 5) is 13.3. The molecule has 0 aliphatic rings. The van der Waals surface area contributed by atoms with E-state index in [-0.39, 0.29) is 5.91 Å². The Kier molecular flexibility index (Phi) is 6.40. The molecule has 24 heavy (non-hydrogen) atoms. The fraction of sp³-hybridized carbons (Fsp3) is 0.235. The highest BCUT2D eigenvalue weighted by atomic mass is 32.2. The van der Waals surface area contributed by atoms with Gasteiger partial charge in [-0.2, -0.15) is 0 Å². The predicted molar refractivity (Wildman–Crippen MR) is 102 cm³/mol. The first-order chi connectivity index (χ1) is 11.8. The lowest BCUT2D eigenvalue weighted by Crippen LogP contribution is -2.11. The van der Waals surface area contributed by atoms with Gasteiger partial charge in [0.2, 0.25) is 11.0 Å². The van der Waals surface area contributed by atoms with Crippen LogP contribution < -0.4 is 5.32 Å². The molecule has 7 heteroatoms. The molecule has 2 heterocycles. The van der Waals surface area contributed by atoms with Gasteiger partial charge >= 0.3 is 0 Å². The standard InChI is InChI=1S/C17H17N3OS3/c21-15(10-4-8-14-9-5-11-22-14)18-16-19-20-17(24-16)23-12-13-6-2-1-3-7-13/h1-3,5-7,9,11H,4,8,10,12H2,(H,18,19,21). The fourth-order valence-corrected chi connectivity index (χ4v) is 4.57. The Morgan fingerprint density at radius 2 is 2.00 bits per heavy atom. The van der Waals surface area contributed by atoms with E-state index in [9.17, 15) is 4.79 Å². The number of hydrogen-bond acceptors (Lipinski definition) is 6. The molecule has 3 rings (SSSR count). The molecule has 0 radical (unpaired) electrons. The van der Waals surface area contributed by atoms with Crippen LogP contribution in [-0.4, -0.2) is 16.1 Å². The van der Waals surface area contributed by atoms with Crippen LogP contribution in [0.4, 0.5) is 5.13 Å². The molecule has 0 aliphatic heterocycles. The maximum Gasteiger partial charge on any atom is 0.226 e. The summed E-state index contributed by atoms with van der Waals surface area (Å²) in [6.45, 7) is 0. The van der Waals surface area contributed by atoms with Gasteiger partial charge in [-0.05, 0) is 29.9 Å². The Balaban J connectivity index is 1.41. The summed E-state index contributed by atoms with van der Waals surface area (Å²) in [5.74, 6) is 0.854. The largest absolute Gasteiger partial charge is 0.301 e. The van der Waals surface area contributed by atoms with Crippen molar-refractivity contribution in [2.75, 3.05) is 5.32 Å². The first-order valence-electron chi connectivity index (χ1n) is 7.62. The molecule has 3 aromatic rings. The van der Waals surface area contributed by atoms with Gasteiger partial charge in [0.05, 0.1) is 0 Å². The van der Waals surface area contributed by atoms with E-state index in [1.54, 1.807) is 23.1 Å². The van der Waals surface area contributed by atoms with Gasteiger partial charge in [0.15, 0.2) is 4.34 Å². The van der Waals surface area contributed by atoms with Crippen LogP contribution in [0.25, 0.3) is 0 Å². The molecule has 2 aromatic heterocycles. The minimum atomic E-state index is 0.00214. The zero-order valence-corrected chi connectivity index (χ0v) is 15.4. The number of carbonyl (C=O) groups excluding carboxylic acids is 1. The van der Waals surface area contributed by atoms with Gasteiger partial charge in [-0.1, -0.05) is 59.5 Å². The van der Waals surface area contributed by atoms with Crippen molar-refractivity contribution in [3.63, 3.8) is 0 Å². The number of anilines is 1. The van der Waals surface area contributed by atoms with E-state index in [1.165, 1.54) is 21.8 Å². The van der Waals surface area contributed by atoms with Crippen LogP contribution >= 0.6 is 34.4 Å². The summed E-state index contributed by atoms with van der Waals surface area (Å²) in [5.41, 5.74) is 1.25. The maximum absolute atomic E-state index is 12.0. The number of amides is 1. The molecule has 4 nitrogen and oxygen atoms in total. The molecule has 0 aliphatic carbocycles. The summed E-state index contributed by atoms with van der Waals surface area (Å²) < 4.78 is 0.868. The van der Waals surface area contributed by atoms with E-state index in [0.717, 1.165) is 22.9 Å². The van der Waals surface area contributed by atoms with E-state index < -0.39 is 0 Å². The SMILES string of the molecule is O=C(CCCc1cccs1)Nc1nnc(SCc2ccccc2)s1. The molecule has 1 N–H and O–H groups in total. The van der Waals surface area contributed by atoms with Gasteiger partial charge in [-0.25, -0.2) is 0 Å². The van der Waals surface area contributed by atoms with Crippen LogP contribution in [0.1, 0.15) is 23.3 Å².